The number of ether oxygens (including phenoxy) is 1. The average Bonchev–Trinajstić information content (AvgIpc) is 3.22. The molecule has 1 aliphatic rings. The van der Waals surface area contributed by atoms with Gasteiger partial charge in [0.15, 0.2) is 13.9 Å². The van der Waals surface area contributed by atoms with Crippen LogP contribution in [0.5, 0.6) is 0 Å². The molecule has 0 bridgehead atoms. The monoisotopic (exact) mass is 378 g/mol. The Morgan fingerprint density at radius 3 is 2.00 bits per heavy atom. The highest BCUT2D eigenvalue weighted by Crippen LogP contribution is 2.50. The van der Waals surface area contributed by atoms with Gasteiger partial charge in [0.05, 0.1) is 0 Å². The molecule has 0 aliphatic heterocycles. The molecular weight excluding hydrogens is 340 g/mol. The Kier molecular flexibility index (Phi) is 7.74. The van der Waals surface area contributed by atoms with Crippen molar-refractivity contribution in [3.8, 4) is 11.8 Å². The van der Waals surface area contributed by atoms with E-state index in [2.05, 4.69) is 59.5 Å². The SMILES string of the molecule is CC(=O)OC(C)(C)C#C/C=C/C1(CO[Si](C(C)C)(C(C)C)C(C)C)CC1. The van der Waals surface area contributed by atoms with E-state index in [0.717, 1.165) is 19.4 Å². The van der Waals surface area contributed by atoms with Gasteiger partial charge in [-0.2, -0.15) is 0 Å². The van der Waals surface area contributed by atoms with Crippen LogP contribution < -0.4 is 0 Å². The van der Waals surface area contributed by atoms with Crippen LogP contribution in [0.3, 0.4) is 0 Å². The molecule has 0 saturated heterocycles. The standard InChI is InChI=1S/C22H38O3Si/c1-17(2)26(18(3)4,19(5)6)24-16-22(14-15-22)13-11-10-12-21(8,9)25-20(7)23/h11,13,17-19H,14-16H2,1-9H3/b13-11+. The van der Waals surface area contributed by atoms with Gasteiger partial charge < -0.3 is 9.16 Å². The molecule has 148 valence electrons. The minimum Gasteiger partial charge on any atom is -0.447 e. The van der Waals surface area contributed by atoms with Gasteiger partial charge in [0.2, 0.25) is 0 Å². The molecule has 0 heterocycles. The van der Waals surface area contributed by atoms with Crippen molar-refractivity contribution in [2.75, 3.05) is 6.61 Å². The fraction of sp³-hybridized carbons (Fsp3) is 0.773. The second-order valence-electron chi connectivity index (χ2n) is 9.18. The van der Waals surface area contributed by atoms with Crippen LogP contribution in [0.1, 0.15) is 75.2 Å². The molecule has 0 atom stereocenters. The molecule has 0 aromatic rings. The number of allylic oxidation sites excluding steroid dienone is 1. The van der Waals surface area contributed by atoms with Crippen molar-refractivity contribution in [1.29, 1.82) is 0 Å². The summed E-state index contributed by atoms with van der Waals surface area (Å²) in [6.45, 7) is 19.8. The van der Waals surface area contributed by atoms with Crippen LogP contribution in [0.15, 0.2) is 12.2 Å². The Balaban J connectivity index is 2.78. The van der Waals surface area contributed by atoms with Gasteiger partial charge in [0.1, 0.15) is 0 Å². The fourth-order valence-electron chi connectivity index (χ4n) is 4.11. The smallest absolute Gasteiger partial charge is 0.304 e. The van der Waals surface area contributed by atoms with Crippen molar-refractivity contribution in [3.05, 3.63) is 12.2 Å². The van der Waals surface area contributed by atoms with Crippen molar-refractivity contribution in [2.24, 2.45) is 5.41 Å². The van der Waals surface area contributed by atoms with Gasteiger partial charge in [-0.05, 0) is 49.4 Å². The molecule has 1 saturated carbocycles. The highest BCUT2D eigenvalue weighted by Gasteiger charge is 2.48. The van der Waals surface area contributed by atoms with Crippen molar-refractivity contribution >= 4 is 14.3 Å². The van der Waals surface area contributed by atoms with E-state index in [1.807, 2.05) is 6.08 Å². The second-order valence-corrected chi connectivity index (χ2v) is 14.6. The summed E-state index contributed by atoms with van der Waals surface area (Å²) < 4.78 is 12.0. The predicted molar refractivity (Wildman–Crippen MR) is 111 cm³/mol. The zero-order valence-corrected chi connectivity index (χ0v) is 19.2. The average molecular weight is 379 g/mol. The van der Waals surface area contributed by atoms with Crippen LogP contribution in [-0.2, 0) is 14.0 Å². The molecule has 1 rings (SSSR count). The van der Waals surface area contributed by atoms with Crippen LogP contribution in [0, 0.1) is 17.3 Å². The number of hydrogen-bond acceptors (Lipinski definition) is 3. The van der Waals surface area contributed by atoms with Gasteiger partial charge in [-0.25, -0.2) is 0 Å². The van der Waals surface area contributed by atoms with E-state index in [0.29, 0.717) is 16.6 Å². The first-order valence-corrected chi connectivity index (χ1v) is 12.0. The van der Waals surface area contributed by atoms with Crippen molar-refractivity contribution in [1.82, 2.24) is 0 Å². The van der Waals surface area contributed by atoms with Gasteiger partial charge in [-0.1, -0.05) is 59.5 Å². The normalized spacial score (nSPS) is 16.9. The van der Waals surface area contributed by atoms with E-state index in [9.17, 15) is 4.79 Å². The van der Waals surface area contributed by atoms with Crippen molar-refractivity contribution < 1.29 is 14.0 Å². The number of carbonyl (C=O) groups is 1. The quantitative estimate of drug-likeness (QED) is 0.301. The Hall–Kier alpha value is -1.05. The summed E-state index contributed by atoms with van der Waals surface area (Å²) in [5, 5.41) is 0. The number of rotatable bonds is 8. The molecule has 26 heavy (non-hydrogen) atoms. The number of esters is 1. The van der Waals surface area contributed by atoms with Crippen molar-refractivity contribution in [3.63, 3.8) is 0 Å². The topological polar surface area (TPSA) is 35.5 Å². The Labute approximate surface area is 162 Å². The lowest BCUT2D eigenvalue weighted by Crippen LogP contribution is -2.48. The predicted octanol–water partition coefficient (Wildman–Crippen LogP) is 5.86. The largest absolute Gasteiger partial charge is 0.447 e. The van der Waals surface area contributed by atoms with Gasteiger partial charge in [-0.3, -0.25) is 4.79 Å². The lowest BCUT2D eigenvalue weighted by molar-refractivity contribution is -0.148. The Morgan fingerprint density at radius 2 is 1.62 bits per heavy atom. The first-order valence-electron chi connectivity index (χ1n) is 9.91. The van der Waals surface area contributed by atoms with Gasteiger partial charge in [0.25, 0.3) is 0 Å². The fourth-order valence-corrected chi connectivity index (χ4v) is 9.64. The molecule has 1 fully saturated rings. The number of hydrogen-bond donors (Lipinski definition) is 0. The molecule has 0 aromatic carbocycles. The van der Waals surface area contributed by atoms with Crippen LogP contribution in [0.25, 0.3) is 0 Å². The zero-order chi connectivity index (χ0) is 20.2. The molecule has 4 heteroatoms. The first-order chi connectivity index (χ1) is 11.9. The van der Waals surface area contributed by atoms with E-state index in [-0.39, 0.29) is 11.4 Å². The molecule has 0 unspecified atom stereocenters. The summed E-state index contributed by atoms with van der Waals surface area (Å²) in [5.74, 6) is 5.74. The molecule has 0 amide bonds. The third-order valence-electron chi connectivity index (χ3n) is 5.50. The van der Waals surface area contributed by atoms with E-state index < -0.39 is 13.9 Å². The van der Waals surface area contributed by atoms with E-state index in [1.165, 1.54) is 6.92 Å². The van der Waals surface area contributed by atoms with Crippen LogP contribution in [0.2, 0.25) is 16.6 Å². The number of carbonyl (C=O) groups excluding carboxylic acids is 1. The molecular formula is C22H38O3Si. The summed E-state index contributed by atoms with van der Waals surface area (Å²) in [7, 11) is -1.82. The van der Waals surface area contributed by atoms with E-state index >= 15 is 0 Å². The summed E-state index contributed by atoms with van der Waals surface area (Å²) in [6, 6.07) is 0. The lowest BCUT2D eigenvalue weighted by Gasteiger charge is -2.43. The maximum Gasteiger partial charge on any atom is 0.304 e. The molecule has 0 aromatic heterocycles. The lowest BCUT2D eigenvalue weighted by atomic mass is 10.1. The molecule has 1 aliphatic carbocycles. The van der Waals surface area contributed by atoms with Crippen LogP contribution in [0.4, 0.5) is 0 Å². The minimum atomic E-state index is -1.82. The second kappa shape index (κ2) is 8.76. The first kappa shape index (κ1) is 23.0. The van der Waals surface area contributed by atoms with Crippen LogP contribution >= 0.6 is 0 Å². The summed E-state index contributed by atoms with van der Waals surface area (Å²) >= 11 is 0. The van der Waals surface area contributed by atoms with Gasteiger partial charge in [0, 0.05) is 18.9 Å². The molecule has 3 nitrogen and oxygen atoms in total. The van der Waals surface area contributed by atoms with E-state index in [1.54, 1.807) is 13.8 Å². The molecule has 0 N–H and O–H groups in total. The third-order valence-corrected chi connectivity index (χ3v) is 11.6. The van der Waals surface area contributed by atoms with Crippen LogP contribution in [-0.4, -0.2) is 26.5 Å². The molecule has 0 spiro atoms. The third kappa shape index (κ3) is 5.99. The summed E-state index contributed by atoms with van der Waals surface area (Å²) in [5.41, 5.74) is 1.21. The zero-order valence-electron chi connectivity index (χ0n) is 18.2. The maximum atomic E-state index is 11.1. The minimum absolute atomic E-state index is 0.150. The summed E-state index contributed by atoms with van der Waals surface area (Å²) in [4.78, 5) is 11.1. The molecule has 0 radical (unpaired) electrons. The maximum absolute atomic E-state index is 11.1. The summed E-state index contributed by atoms with van der Waals surface area (Å²) in [6.07, 6.45) is 6.43. The highest BCUT2D eigenvalue weighted by atomic mass is 28.4. The van der Waals surface area contributed by atoms with Crippen molar-refractivity contribution in [2.45, 2.75) is 97.4 Å². The highest BCUT2D eigenvalue weighted by molar-refractivity contribution is 6.77. The Bertz CT molecular complexity index is 550. The van der Waals surface area contributed by atoms with Gasteiger partial charge in [-0.15, -0.1) is 0 Å². The van der Waals surface area contributed by atoms with Gasteiger partial charge >= 0.3 is 5.97 Å². The van der Waals surface area contributed by atoms with E-state index in [4.69, 9.17) is 9.16 Å². The Morgan fingerprint density at radius 1 is 1.12 bits per heavy atom.